The molecule has 0 unspecified atom stereocenters. The van der Waals surface area contributed by atoms with E-state index in [0.717, 1.165) is 5.56 Å². The van der Waals surface area contributed by atoms with Crippen LogP contribution in [0.1, 0.15) is 11.3 Å². The molecule has 0 atom stereocenters. The first-order valence-corrected chi connectivity index (χ1v) is 8.16. The molecular weight excluding hydrogens is 344 g/mol. The minimum atomic E-state index is 0.0164. The Morgan fingerprint density at radius 2 is 1.56 bits per heavy atom. The molecule has 2 aromatic heterocycles. The molecule has 4 rings (SSSR count). The van der Waals surface area contributed by atoms with Crippen molar-refractivity contribution >= 4 is 22.9 Å². The molecule has 8 heteroatoms. The lowest BCUT2D eigenvalue weighted by Crippen LogP contribution is -2.07. The van der Waals surface area contributed by atoms with E-state index in [1.54, 1.807) is 36.4 Å². The van der Waals surface area contributed by atoms with E-state index >= 15 is 0 Å². The number of aromatic nitrogens is 4. The lowest BCUT2D eigenvalue weighted by Gasteiger charge is -2.11. The molecule has 134 valence electrons. The number of hydrogen-bond acceptors (Lipinski definition) is 8. The average Bonchev–Trinajstić information content (AvgIpc) is 2.61. The van der Waals surface area contributed by atoms with Crippen LogP contribution in [0.15, 0.2) is 48.5 Å². The maximum Gasteiger partial charge on any atom is 0.224 e. The second kappa shape index (κ2) is 6.41. The summed E-state index contributed by atoms with van der Waals surface area (Å²) in [6.07, 6.45) is 0.395. The Hall–Kier alpha value is -3.94. The normalized spacial score (nSPS) is 11.0. The molecule has 0 radical (unpaired) electrons. The fourth-order valence-corrected chi connectivity index (χ4v) is 2.89. The average molecular weight is 360 g/mol. The molecule has 0 saturated carbocycles. The number of nitrogens with two attached hydrogens (primary N) is 2. The van der Waals surface area contributed by atoms with Crippen LogP contribution >= 0.6 is 0 Å². The number of aromatic hydroxyl groups is 2. The molecule has 0 fully saturated rings. The maximum atomic E-state index is 9.85. The summed E-state index contributed by atoms with van der Waals surface area (Å²) in [7, 11) is 0. The van der Waals surface area contributed by atoms with Gasteiger partial charge in [-0.2, -0.15) is 9.97 Å². The van der Waals surface area contributed by atoms with Gasteiger partial charge in [-0.25, -0.2) is 9.97 Å². The fourth-order valence-electron chi connectivity index (χ4n) is 2.89. The summed E-state index contributed by atoms with van der Waals surface area (Å²) in [4.78, 5) is 17.3. The molecule has 0 aliphatic rings. The minimum Gasteiger partial charge on any atom is -0.508 e. The van der Waals surface area contributed by atoms with Crippen LogP contribution in [-0.2, 0) is 6.42 Å². The predicted molar refractivity (Wildman–Crippen MR) is 102 cm³/mol. The Balaban J connectivity index is 1.94. The lowest BCUT2D eigenvalue weighted by molar-refractivity contribution is 0.474. The van der Waals surface area contributed by atoms with Gasteiger partial charge in [-0.05, 0) is 29.8 Å². The minimum absolute atomic E-state index is 0.0164. The van der Waals surface area contributed by atoms with Gasteiger partial charge in [0.15, 0.2) is 17.0 Å². The number of nitrogen functional groups attached to an aromatic ring is 2. The molecule has 0 amide bonds. The van der Waals surface area contributed by atoms with Crippen LogP contribution in [0.5, 0.6) is 11.5 Å². The Kier molecular flexibility index (Phi) is 3.92. The highest BCUT2D eigenvalue weighted by molar-refractivity contribution is 5.84. The van der Waals surface area contributed by atoms with Crippen molar-refractivity contribution in [3.63, 3.8) is 0 Å². The quantitative estimate of drug-likeness (QED) is 0.435. The molecule has 0 saturated heterocycles. The molecule has 8 nitrogen and oxygen atoms in total. The molecule has 0 spiro atoms. The van der Waals surface area contributed by atoms with Crippen molar-refractivity contribution in [1.82, 2.24) is 19.9 Å². The van der Waals surface area contributed by atoms with Crippen LogP contribution in [0.2, 0.25) is 0 Å². The van der Waals surface area contributed by atoms with Gasteiger partial charge in [-0.3, -0.25) is 0 Å². The summed E-state index contributed by atoms with van der Waals surface area (Å²) in [5.74, 6) is 0.424. The van der Waals surface area contributed by atoms with Crippen molar-refractivity contribution in [3.8, 4) is 22.8 Å². The van der Waals surface area contributed by atoms with E-state index in [9.17, 15) is 10.2 Å². The van der Waals surface area contributed by atoms with E-state index < -0.39 is 0 Å². The number of nitrogens with zero attached hydrogens (tertiary/aromatic N) is 4. The Bertz CT molecular complexity index is 1160. The summed E-state index contributed by atoms with van der Waals surface area (Å²) in [5.41, 5.74) is 14.9. The standard InChI is InChI=1S/C19H16N6O2/c20-17-16-18(25-19(21)24-17)22-14(8-10-3-1-5-12(26)7-10)15(23-16)11-4-2-6-13(27)9-11/h1-7,9,26-27H,8H2,(H4,20,21,22,24,25). The van der Waals surface area contributed by atoms with Gasteiger partial charge in [-0.15, -0.1) is 0 Å². The summed E-state index contributed by atoms with van der Waals surface area (Å²) in [6.45, 7) is 0. The SMILES string of the molecule is Nc1nc(N)c2nc(-c3cccc(O)c3)c(Cc3cccc(O)c3)nc2n1. The lowest BCUT2D eigenvalue weighted by atomic mass is 10.0. The van der Waals surface area contributed by atoms with E-state index in [4.69, 9.17) is 11.5 Å². The number of phenolic OH excluding ortho intramolecular Hbond substituents is 2. The van der Waals surface area contributed by atoms with E-state index in [-0.39, 0.29) is 23.3 Å². The van der Waals surface area contributed by atoms with Gasteiger partial charge in [0, 0.05) is 12.0 Å². The van der Waals surface area contributed by atoms with Gasteiger partial charge < -0.3 is 21.7 Å². The third kappa shape index (κ3) is 3.28. The number of hydrogen-bond donors (Lipinski definition) is 4. The zero-order chi connectivity index (χ0) is 19.0. The predicted octanol–water partition coefficient (Wildman–Crippen LogP) is 2.25. The van der Waals surface area contributed by atoms with Crippen molar-refractivity contribution < 1.29 is 10.2 Å². The first-order chi connectivity index (χ1) is 13.0. The molecule has 6 N–H and O–H groups in total. The van der Waals surface area contributed by atoms with E-state index in [1.165, 1.54) is 0 Å². The largest absolute Gasteiger partial charge is 0.508 e. The van der Waals surface area contributed by atoms with Crippen LogP contribution in [0.4, 0.5) is 11.8 Å². The fraction of sp³-hybridized carbons (Fsp3) is 0.0526. The molecule has 27 heavy (non-hydrogen) atoms. The molecular formula is C19H16N6O2. The molecule has 0 aliphatic carbocycles. The molecule has 0 aliphatic heterocycles. The highest BCUT2D eigenvalue weighted by Gasteiger charge is 2.16. The molecule has 2 heterocycles. The van der Waals surface area contributed by atoms with Crippen molar-refractivity contribution in [1.29, 1.82) is 0 Å². The van der Waals surface area contributed by atoms with E-state index in [0.29, 0.717) is 34.5 Å². The number of phenols is 2. The number of benzene rings is 2. The van der Waals surface area contributed by atoms with Gasteiger partial charge in [0.1, 0.15) is 11.5 Å². The monoisotopic (exact) mass is 360 g/mol. The Morgan fingerprint density at radius 1 is 0.815 bits per heavy atom. The van der Waals surface area contributed by atoms with E-state index in [1.807, 2.05) is 12.1 Å². The smallest absolute Gasteiger partial charge is 0.224 e. The van der Waals surface area contributed by atoms with Crippen LogP contribution < -0.4 is 11.5 Å². The number of fused-ring (bicyclic) bond motifs is 1. The zero-order valence-corrected chi connectivity index (χ0v) is 14.2. The second-order valence-corrected chi connectivity index (χ2v) is 6.06. The van der Waals surface area contributed by atoms with Crippen molar-refractivity contribution in [2.24, 2.45) is 0 Å². The number of rotatable bonds is 3. The van der Waals surface area contributed by atoms with Crippen molar-refractivity contribution in [2.75, 3.05) is 11.5 Å². The summed E-state index contributed by atoms with van der Waals surface area (Å²) in [5, 5.41) is 19.6. The van der Waals surface area contributed by atoms with Crippen molar-refractivity contribution in [2.45, 2.75) is 6.42 Å². The summed E-state index contributed by atoms with van der Waals surface area (Å²) < 4.78 is 0. The summed E-state index contributed by atoms with van der Waals surface area (Å²) >= 11 is 0. The van der Waals surface area contributed by atoms with Crippen molar-refractivity contribution in [3.05, 3.63) is 59.8 Å². The Labute approximate surface area is 154 Å². The Morgan fingerprint density at radius 3 is 2.30 bits per heavy atom. The van der Waals surface area contributed by atoms with Gasteiger partial charge in [0.05, 0.1) is 11.4 Å². The third-order valence-electron chi connectivity index (χ3n) is 4.05. The van der Waals surface area contributed by atoms with Gasteiger partial charge in [0.25, 0.3) is 0 Å². The van der Waals surface area contributed by atoms with Crippen LogP contribution in [0.25, 0.3) is 22.4 Å². The molecule has 0 bridgehead atoms. The van der Waals surface area contributed by atoms with Gasteiger partial charge >= 0.3 is 0 Å². The molecule has 4 aromatic rings. The summed E-state index contributed by atoms with van der Waals surface area (Å²) in [6, 6.07) is 13.6. The van der Waals surface area contributed by atoms with Crippen LogP contribution in [0, 0.1) is 0 Å². The van der Waals surface area contributed by atoms with Crippen LogP contribution in [-0.4, -0.2) is 30.1 Å². The first kappa shape index (κ1) is 16.5. The van der Waals surface area contributed by atoms with E-state index in [2.05, 4.69) is 19.9 Å². The number of anilines is 2. The van der Waals surface area contributed by atoms with Gasteiger partial charge in [-0.1, -0.05) is 24.3 Å². The van der Waals surface area contributed by atoms with Crippen LogP contribution in [0.3, 0.4) is 0 Å². The molecule has 2 aromatic carbocycles. The highest BCUT2D eigenvalue weighted by atomic mass is 16.3. The van der Waals surface area contributed by atoms with Gasteiger partial charge in [0.2, 0.25) is 5.95 Å². The third-order valence-corrected chi connectivity index (χ3v) is 4.05. The zero-order valence-electron chi connectivity index (χ0n) is 14.2. The maximum absolute atomic E-state index is 9.85. The second-order valence-electron chi connectivity index (χ2n) is 6.06. The topological polar surface area (TPSA) is 144 Å². The first-order valence-electron chi connectivity index (χ1n) is 8.16. The highest BCUT2D eigenvalue weighted by Crippen LogP contribution is 2.29.